The lowest BCUT2D eigenvalue weighted by molar-refractivity contribution is 0.102. The minimum absolute atomic E-state index is 0.0676. The summed E-state index contributed by atoms with van der Waals surface area (Å²) in [7, 11) is 1.42. The van der Waals surface area contributed by atoms with Crippen LogP contribution in [0, 0.1) is 12.7 Å². The minimum atomic E-state index is -0.668. The van der Waals surface area contributed by atoms with E-state index in [2.05, 4.69) is 20.5 Å². The van der Waals surface area contributed by atoms with E-state index in [0.717, 1.165) is 10.1 Å². The number of carbonyl (C=O) groups excluding carboxylic acids is 1. The third kappa shape index (κ3) is 4.26. The SMILES string of the molecule is CCSc1nnc(NC(=O)c2cnc(C)cc2-c2c(OC)ccc(Cl)c2F)s1. The van der Waals surface area contributed by atoms with Crippen molar-refractivity contribution < 1.29 is 13.9 Å². The molecule has 1 amide bonds. The number of benzene rings is 1. The number of ether oxygens (including phenoxy) is 1. The molecule has 1 N–H and O–H groups in total. The van der Waals surface area contributed by atoms with Crippen molar-refractivity contribution in [2.75, 3.05) is 18.2 Å². The zero-order valence-electron chi connectivity index (χ0n) is 15.2. The molecule has 0 spiro atoms. The van der Waals surface area contributed by atoms with Crippen LogP contribution in [-0.2, 0) is 0 Å². The van der Waals surface area contributed by atoms with Gasteiger partial charge in [0.25, 0.3) is 5.91 Å². The van der Waals surface area contributed by atoms with Crippen LogP contribution in [0.15, 0.2) is 28.7 Å². The van der Waals surface area contributed by atoms with Crippen LogP contribution in [-0.4, -0.2) is 34.0 Å². The number of nitrogens with one attached hydrogen (secondary N) is 1. The lowest BCUT2D eigenvalue weighted by Crippen LogP contribution is -2.14. The first-order chi connectivity index (χ1) is 13.4. The lowest BCUT2D eigenvalue weighted by atomic mass is 9.98. The van der Waals surface area contributed by atoms with Crippen molar-refractivity contribution in [3.05, 3.63) is 46.5 Å². The molecule has 3 aromatic rings. The number of rotatable bonds is 6. The van der Waals surface area contributed by atoms with Crippen molar-refractivity contribution >= 4 is 45.7 Å². The number of hydrogen-bond donors (Lipinski definition) is 1. The van der Waals surface area contributed by atoms with E-state index in [0.29, 0.717) is 16.4 Å². The van der Waals surface area contributed by atoms with Gasteiger partial charge < -0.3 is 4.74 Å². The number of pyridine rings is 1. The number of hydrogen-bond acceptors (Lipinski definition) is 7. The number of thioether (sulfide) groups is 1. The Morgan fingerprint density at radius 2 is 2.18 bits per heavy atom. The molecule has 0 radical (unpaired) electrons. The molecule has 0 aliphatic carbocycles. The highest BCUT2D eigenvalue weighted by Crippen LogP contribution is 2.38. The predicted molar refractivity (Wildman–Crippen MR) is 110 cm³/mol. The maximum Gasteiger partial charge on any atom is 0.259 e. The monoisotopic (exact) mass is 438 g/mol. The van der Waals surface area contributed by atoms with E-state index < -0.39 is 11.7 Å². The molecule has 6 nitrogen and oxygen atoms in total. The van der Waals surface area contributed by atoms with E-state index in [-0.39, 0.29) is 21.9 Å². The number of nitrogens with zero attached hydrogens (tertiary/aromatic N) is 3. The third-order valence-corrected chi connectivity index (χ3v) is 5.87. The van der Waals surface area contributed by atoms with E-state index in [4.69, 9.17) is 16.3 Å². The summed E-state index contributed by atoms with van der Waals surface area (Å²) in [5.41, 5.74) is 1.22. The molecule has 146 valence electrons. The standard InChI is InChI=1S/C18H16ClFN4O2S2/c1-4-27-18-24-23-17(28-18)22-16(25)11-8-21-9(2)7-10(11)14-13(26-3)6-5-12(19)15(14)20/h5-8H,4H2,1-3H3,(H,22,23,25). The average Bonchev–Trinajstić information content (AvgIpc) is 3.10. The summed E-state index contributed by atoms with van der Waals surface area (Å²) in [6.07, 6.45) is 1.39. The molecular weight excluding hydrogens is 423 g/mol. The summed E-state index contributed by atoms with van der Waals surface area (Å²) >= 11 is 8.76. The van der Waals surface area contributed by atoms with Gasteiger partial charge in [-0.2, -0.15) is 0 Å². The van der Waals surface area contributed by atoms with Gasteiger partial charge in [0.2, 0.25) is 5.13 Å². The third-order valence-electron chi connectivity index (χ3n) is 3.73. The fraction of sp³-hybridized carbons (Fsp3) is 0.222. The molecule has 0 bridgehead atoms. The Kier molecular flexibility index (Phi) is 6.48. The van der Waals surface area contributed by atoms with Gasteiger partial charge in [-0.1, -0.05) is 41.6 Å². The van der Waals surface area contributed by atoms with Gasteiger partial charge in [-0.05, 0) is 30.9 Å². The fourth-order valence-corrected chi connectivity index (χ4v) is 4.31. The first-order valence-electron chi connectivity index (χ1n) is 8.21. The molecule has 0 aliphatic rings. The summed E-state index contributed by atoms with van der Waals surface area (Å²) in [6.45, 7) is 3.75. The first-order valence-corrected chi connectivity index (χ1v) is 10.4. The zero-order chi connectivity index (χ0) is 20.3. The zero-order valence-corrected chi connectivity index (χ0v) is 17.6. The van der Waals surface area contributed by atoms with E-state index in [1.165, 1.54) is 42.5 Å². The lowest BCUT2D eigenvalue weighted by Gasteiger charge is -2.14. The van der Waals surface area contributed by atoms with Crippen LogP contribution in [0.4, 0.5) is 9.52 Å². The number of methoxy groups -OCH3 is 1. The number of halogens is 2. The van der Waals surface area contributed by atoms with Gasteiger partial charge >= 0.3 is 0 Å². The quantitative estimate of drug-likeness (QED) is 0.427. The van der Waals surface area contributed by atoms with Crippen molar-refractivity contribution in [2.45, 2.75) is 18.2 Å². The Bertz CT molecular complexity index is 1030. The van der Waals surface area contributed by atoms with Gasteiger partial charge in [-0.3, -0.25) is 15.1 Å². The topological polar surface area (TPSA) is 77.0 Å². The van der Waals surface area contributed by atoms with Crippen LogP contribution < -0.4 is 10.1 Å². The largest absolute Gasteiger partial charge is 0.496 e. The van der Waals surface area contributed by atoms with Crippen molar-refractivity contribution in [3.8, 4) is 16.9 Å². The number of aryl methyl sites for hydroxylation is 1. The number of aromatic nitrogens is 3. The van der Waals surface area contributed by atoms with Gasteiger partial charge in [0, 0.05) is 17.5 Å². The molecule has 3 rings (SSSR count). The molecule has 0 saturated carbocycles. The average molecular weight is 439 g/mol. The molecule has 2 heterocycles. The minimum Gasteiger partial charge on any atom is -0.496 e. The highest BCUT2D eigenvalue weighted by molar-refractivity contribution is 8.01. The Balaban J connectivity index is 2.04. The molecule has 1 aromatic carbocycles. The number of carbonyl (C=O) groups is 1. The van der Waals surface area contributed by atoms with Crippen molar-refractivity contribution in [1.82, 2.24) is 15.2 Å². The highest BCUT2D eigenvalue weighted by Gasteiger charge is 2.22. The smallest absolute Gasteiger partial charge is 0.259 e. The number of anilines is 1. The number of amides is 1. The van der Waals surface area contributed by atoms with Gasteiger partial charge in [0.1, 0.15) is 5.75 Å². The Hall–Kier alpha value is -2.23. The summed E-state index contributed by atoms with van der Waals surface area (Å²) in [5, 5.41) is 10.9. The second kappa shape index (κ2) is 8.85. The maximum atomic E-state index is 14.8. The first kappa shape index (κ1) is 20.5. The molecular formula is C18H16ClFN4O2S2. The fourth-order valence-electron chi connectivity index (χ4n) is 2.51. The van der Waals surface area contributed by atoms with Gasteiger partial charge in [-0.25, -0.2) is 4.39 Å². The summed E-state index contributed by atoms with van der Waals surface area (Å²) < 4.78 is 20.9. The van der Waals surface area contributed by atoms with Crippen molar-refractivity contribution in [2.24, 2.45) is 0 Å². The second-order valence-electron chi connectivity index (χ2n) is 5.57. The molecule has 0 atom stereocenters. The molecule has 10 heteroatoms. The van der Waals surface area contributed by atoms with E-state index >= 15 is 0 Å². The molecule has 0 fully saturated rings. The molecule has 0 aliphatic heterocycles. The van der Waals surface area contributed by atoms with Crippen LogP contribution in [0.5, 0.6) is 5.75 Å². The summed E-state index contributed by atoms with van der Waals surface area (Å²) in [6, 6.07) is 4.57. The Morgan fingerprint density at radius 3 is 2.89 bits per heavy atom. The predicted octanol–water partition coefficient (Wildman–Crippen LogP) is 5.07. The van der Waals surface area contributed by atoms with Crippen LogP contribution >= 0.6 is 34.7 Å². The Labute approximate surface area is 174 Å². The van der Waals surface area contributed by atoms with E-state index in [9.17, 15) is 9.18 Å². The van der Waals surface area contributed by atoms with Crippen LogP contribution in [0.3, 0.4) is 0 Å². The Morgan fingerprint density at radius 1 is 1.39 bits per heavy atom. The van der Waals surface area contributed by atoms with Crippen LogP contribution in [0.25, 0.3) is 11.1 Å². The molecule has 2 aromatic heterocycles. The van der Waals surface area contributed by atoms with E-state index in [1.54, 1.807) is 19.1 Å². The van der Waals surface area contributed by atoms with Gasteiger partial charge in [0.05, 0.1) is 23.3 Å². The normalized spacial score (nSPS) is 10.8. The molecule has 0 saturated heterocycles. The van der Waals surface area contributed by atoms with Crippen molar-refractivity contribution in [1.29, 1.82) is 0 Å². The maximum absolute atomic E-state index is 14.8. The van der Waals surface area contributed by atoms with Gasteiger partial charge in [-0.15, -0.1) is 10.2 Å². The van der Waals surface area contributed by atoms with Crippen LogP contribution in [0.2, 0.25) is 5.02 Å². The summed E-state index contributed by atoms with van der Waals surface area (Å²) in [5.74, 6) is -0.0342. The van der Waals surface area contributed by atoms with Crippen LogP contribution in [0.1, 0.15) is 23.0 Å². The molecule has 0 unspecified atom stereocenters. The van der Waals surface area contributed by atoms with Crippen molar-refractivity contribution in [3.63, 3.8) is 0 Å². The highest BCUT2D eigenvalue weighted by atomic mass is 35.5. The summed E-state index contributed by atoms with van der Waals surface area (Å²) in [4.78, 5) is 17.0. The van der Waals surface area contributed by atoms with Gasteiger partial charge in [0.15, 0.2) is 10.2 Å². The second-order valence-corrected chi connectivity index (χ2v) is 8.47. The molecule has 28 heavy (non-hydrogen) atoms. The van der Waals surface area contributed by atoms with E-state index in [1.807, 2.05) is 6.92 Å².